The van der Waals surface area contributed by atoms with E-state index >= 15 is 0 Å². The van der Waals surface area contributed by atoms with Crippen molar-refractivity contribution < 1.29 is 29.1 Å². The minimum atomic E-state index is -1.39. The van der Waals surface area contributed by atoms with Crippen LogP contribution in [0.5, 0.6) is 0 Å². The topological polar surface area (TPSA) is 171 Å². The number of rotatable bonds is 16. The first-order valence-corrected chi connectivity index (χ1v) is 12.9. The number of likely N-dealkylation sites (N-methyl/N-ethyl adjacent to an activating group) is 2. The van der Waals surface area contributed by atoms with Gasteiger partial charge in [0.15, 0.2) is 0 Å². The quantitative estimate of drug-likeness (QED) is 0.174. The molecule has 0 heterocycles. The van der Waals surface area contributed by atoms with Crippen LogP contribution in [0, 0.1) is 17.8 Å². The van der Waals surface area contributed by atoms with Gasteiger partial charge in [0.1, 0.15) is 12.1 Å². The predicted octanol–water partition coefficient (Wildman–Crippen LogP) is -0.0130. The Bertz CT molecular complexity index is 815. The number of hydrogen-bond acceptors (Lipinski definition) is 8. The van der Waals surface area contributed by atoms with E-state index in [1.807, 2.05) is 27.7 Å². The molecule has 0 unspecified atom stereocenters. The molecule has 0 aromatic rings. The van der Waals surface area contributed by atoms with E-state index in [1.165, 1.54) is 18.9 Å². The van der Waals surface area contributed by atoms with Crippen molar-refractivity contribution in [1.29, 1.82) is 0 Å². The number of amides is 3. The molecule has 0 aliphatic carbocycles. The van der Waals surface area contributed by atoms with Gasteiger partial charge in [0.25, 0.3) is 0 Å². The molecule has 5 atom stereocenters. The first-order chi connectivity index (χ1) is 16.9. The van der Waals surface area contributed by atoms with Gasteiger partial charge in [0.2, 0.25) is 29.3 Å². The summed E-state index contributed by atoms with van der Waals surface area (Å²) in [5.74, 6) is -3.32. The van der Waals surface area contributed by atoms with Gasteiger partial charge in [-0.3, -0.25) is 24.0 Å². The molecule has 0 rings (SSSR count). The third-order valence-corrected chi connectivity index (χ3v) is 6.37. The first kappa shape index (κ1) is 34.6. The molecule has 0 aromatic carbocycles. The average Bonchev–Trinajstić information content (AvgIpc) is 2.79. The minimum Gasteiger partial charge on any atom is -0.394 e. The summed E-state index contributed by atoms with van der Waals surface area (Å²) in [6, 6.07) is -4.29. The Morgan fingerprint density at radius 3 is 1.86 bits per heavy atom. The second kappa shape index (κ2) is 15.1. The number of ketones is 2. The molecule has 3 amide bonds. The van der Waals surface area contributed by atoms with Crippen LogP contribution in [0.25, 0.3) is 0 Å². The highest BCUT2D eigenvalue weighted by Crippen LogP contribution is 2.18. The molecule has 0 aromatic heterocycles. The van der Waals surface area contributed by atoms with E-state index in [0.717, 1.165) is 0 Å². The molecule has 214 valence electrons. The number of nitrogens with zero attached hydrogens (tertiary/aromatic N) is 1. The molecule has 11 heteroatoms. The second-order valence-corrected chi connectivity index (χ2v) is 11.2. The summed E-state index contributed by atoms with van der Waals surface area (Å²) in [5.41, 5.74) is 4.93. The molecule has 0 radical (unpaired) electrons. The van der Waals surface area contributed by atoms with Crippen molar-refractivity contribution in [2.75, 3.05) is 20.7 Å². The fraction of sp³-hybridized carbons (Fsp3) is 0.808. The standard InChI is InChI=1S/C26H49N5O6/c1-14(2)11-18(27)25(37)31(10)20(16(5)6)24(36)30-19(13-32)23(35)29-17(7)21(33)22(34)26(8,28-9)12-15(3)4/h14-20,28,32H,11-13,27H2,1-10H3,(H,29,35)(H,30,36)/t17-,18+,19+,20+,26+/m1/s1. The van der Waals surface area contributed by atoms with Gasteiger partial charge in [-0.1, -0.05) is 41.5 Å². The molecule has 0 aliphatic rings. The number of carbonyl (C=O) groups is 5. The van der Waals surface area contributed by atoms with Gasteiger partial charge in [0, 0.05) is 7.05 Å². The summed E-state index contributed by atoms with van der Waals surface area (Å²) in [5, 5.41) is 17.6. The van der Waals surface area contributed by atoms with Gasteiger partial charge in [-0.15, -0.1) is 0 Å². The molecule has 37 heavy (non-hydrogen) atoms. The van der Waals surface area contributed by atoms with Crippen LogP contribution in [-0.2, 0) is 24.0 Å². The number of aliphatic hydroxyl groups excluding tert-OH is 1. The Morgan fingerprint density at radius 2 is 1.46 bits per heavy atom. The largest absolute Gasteiger partial charge is 0.394 e. The first-order valence-electron chi connectivity index (χ1n) is 12.9. The van der Waals surface area contributed by atoms with Gasteiger partial charge in [-0.05, 0) is 51.5 Å². The van der Waals surface area contributed by atoms with Crippen LogP contribution in [0.3, 0.4) is 0 Å². The molecular formula is C26H49N5O6. The Morgan fingerprint density at radius 1 is 0.919 bits per heavy atom. The van der Waals surface area contributed by atoms with Crippen molar-refractivity contribution in [2.24, 2.45) is 23.5 Å². The van der Waals surface area contributed by atoms with E-state index in [-0.39, 0.29) is 17.8 Å². The summed E-state index contributed by atoms with van der Waals surface area (Å²) in [4.78, 5) is 65.6. The summed E-state index contributed by atoms with van der Waals surface area (Å²) < 4.78 is 0. The zero-order valence-corrected chi connectivity index (χ0v) is 24.2. The van der Waals surface area contributed by atoms with Crippen molar-refractivity contribution in [3.63, 3.8) is 0 Å². The molecule has 6 N–H and O–H groups in total. The fourth-order valence-electron chi connectivity index (χ4n) is 4.36. The van der Waals surface area contributed by atoms with Gasteiger partial charge in [-0.2, -0.15) is 0 Å². The van der Waals surface area contributed by atoms with E-state index in [4.69, 9.17) is 5.73 Å². The van der Waals surface area contributed by atoms with Crippen molar-refractivity contribution in [1.82, 2.24) is 20.9 Å². The molecular weight excluding hydrogens is 478 g/mol. The summed E-state index contributed by atoms with van der Waals surface area (Å²) in [7, 11) is 3.07. The highest BCUT2D eigenvalue weighted by Gasteiger charge is 2.40. The van der Waals surface area contributed by atoms with Crippen LogP contribution in [0.15, 0.2) is 0 Å². The van der Waals surface area contributed by atoms with E-state index in [0.29, 0.717) is 12.8 Å². The Kier molecular flexibility index (Phi) is 14.2. The maximum atomic E-state index is 13.1. The zero-order valence-electron chi connectivity index (χ0n) is 24.2. The van der Waals surface area contributed by atoms with Crippen LogP contribution in [-0.4, -0.2) is 89.7 Å². The smallest absolute Gasteiger partial charge is 0.245 e. The molecule has 0 spiro atoms. The molecule has 0 bridgehead atoms. The molecule has 0 fully saturated rings. The Balaban J connectivity index is 5.49. The molecule has 11 nitrogen and oxygen atoms in total. The zero-order chi connectivity index (χ0) is 29.2. The molecule has 0 saturated heterocycles. The van der Waals surface area contributed by atoms with Gasteiger partial charge >= 0.3 is 0 Å². The second-order valence-electron chi connectivity index (χ2n) is 11.2. The van der Waals surface area contributed by atoms with Gasteiger partial charge < -0.3 is 31.7 Å². The number of aliphatic hydroxyl groups is 1. The highest BCUT2D eigenvalue weighted by molar-refractivity contribution is 6.42. The van der Waals surface area contributed by atoms with Crippen LogP contribution < -0.4 is 21.7 Å². The fourth-order valence-corrected chi connectivity index (χ4v) is 4.36. The van der Waals surface area contributed by atoms with Gasteiger partial charge in [-0.25, -0.2) is 0 Å². The van der Waals surface area contributed by atoms with Crippen molar-refractivity contribution in [3.05, 3.63) is 0 Å². The average molecular weight is 528 g/mol. The van der Waals surface area contributed by atoms with Crippen molar-refractivity contribution in [2.45, 2.75) is 97.9 Å². The van der Waals surface area contributed by atoms with Crippen molar-refractivity contribution >= 4 is 29.3 Å². The number of nitrogens with one attached hydrogen (secondary N) is 3. The SMILES string of the molecule is CN[C@@](C)(CC(C)C)C(=O)C(=O)[C@@H](C)NC(=O)[C@H](CO)NC(=O)[C@H](C(C)C)N(C)C(=O)[C@@H](N)CC(C)C. The highest BCUT2D eigenvalue weighted by atomic mass is 16.3. The maximum Gasteiger partial charge on any atom is 0.245 e. The van der Waals surface area contributed by atoms with Crippen LogP contribution in [0.2, 0.25) is 0 Å². The van der Waals surface area contributed by atoms with Crippen LogP contribution >= 0.6 is 0 Å². The number of Topliss-reactive ketones (excluding diaryl/α,β-unsaturated/α-hetero) is 2. The third-order valence-electron chi connectivity index (χ3n) is 6.37. The lowest BCUT2D eigenvalue weighted by atomic mass is 9.84. The summed E-state index contributed by atoms with van der Waals surface area (Å²) >= 11 is 0. The van der Waals surface area contributed by atoms with E-state index in [9.17, 15) is 29.1 Å². The normalized spacial score (nSPS) is 16.5. The lowest BCUT2D eigenvalue weighted by Crippen LogP contribution is -2.60. The lowest BCUT2D eigenvalue weighted by molar-refractivity contribution is -0.143. The molecule has 0 aliphatic heterocycles. The monoisotopic (exact) mass is 527 g/mol. The van der Waals surface area contributed by atoms with Crippen LogP contribution in [0.4, 0.5) is 0 Å². The molecule has 0 saturated carbocycles. The van der Waals surface area contributed by atoms with Crippen LogP contribution in [0.1, 0.15) is 68.2 Å². The minimum absolute atomic E-state index is 0.145. The summed E-state index contributed by atoms with van der Waals surface area (Å²) in [6.07, 6.45) is 0.874. The van der Waals surface area contributed by atoms with Crippen molar-refractivity contribution in [3.8, 4) is 0 Å². The Hall–Kier alpha value is -2.37. The number of hydrogen-bond donors (Lipinski definition) is 5. The van der Waals surface area contributed by atoms with E-state index in [2.05, 4.69) is 16.0 Å². The summed E-state index contributed by atoms with van der Waals surface area (Å²) in [6.45, 7) is 13.5. The Labute approximate surface area is 221 Å². The predicted molar refractivity (Wildman–Crippen MR) is 142 cm³/mol. The third kappa shape index (κ3) is 10.1. The lowest BCUT2D eigenvalue weighted by Gasteiger charge is -2.33. The maximum absolute atomic E-state index is 13.1. The van der Waals surface area contributed by atoms with Gasteiger partial charge in [0.05, 0.1) is 24.2 Å². The number of carbonyl (C=O) groups excluding carboxylic acids is 5. The van der Waals surface area contributed by atoms with E-state index < -0.39 is 65.6 Å². The van der Waals surface area contributed by atoms with E-state index in [1.54, 1.807) is 27.8 Å². The number of nitrogens with two attached hydrogens (primary N) is 1.